The number of aryl methyl sites for hydroxylation is 1. The first kappa shape index (κ1) is 15.1. The van der Waals surface area contributed by atoms with Gasteiger partial charge in [0.2, 0.25) is 5.91 Å². The molecular weight excluding hydrogens is 256 g/mol. The minimum atomic E-state index is -0.0320. The van der Waals surface area contributed by atoms with Crippen molar-refractivity contribution in [1.82, 2.24) is 10.6 Å². The molecule has 1 unspecified atom stereocenters. The lowest BCUT2D eigenvalue weighted by Crippen LogP contribution is -2.38. The standard InChI is InChI=1S/C15H24N2O3/c1-12(4-5-13-3-2-10-19-13)17-15(18)11-20-14-6-8-16-9-7-14/h2-3,10,12,14,16H,4-9,11H2,1H3,(H,17,18). The summed E-state index contributed by atoms with van der Waals surface area (Å²) in [6.45, 7) is 4.12. The van der Waals surface area contributed by atoms with E-state index in [9.17, 15) is 4.79 Å². The van der Waals surface area contributed by atoms with Crippen molar-refractivity contribution in [3.63, 3.8) is 0 Å². The van der Waals surface area contributed by atoms with E-state index >= 15 is 0 Å². The molecule has 2 N–H and O–H groups in total. The number of carbonyl (C=O) groups excluding carboxylic acids is 1. The van der Waals surface area contributed by atoms with Crippen molar-refractivity contribution in [2.24, 2.45) is 0 Å². The smallest absolute Gasteiger partial charge is 0.246 e. The molecule has 0 aromatic carbocycles. The Labute approximate surface area is 120 Å². The highest BCUT2D eigenvalue weighted by atomic mass is 16.5. The summed E-state index contributed by atoms with van der Waals surface area (Å²) < 4.78 is 10.9. The summed E-state index contributed by atoms with van der Waals surface area (Å²) in [5, 5.41) is 6.24. The maximum atomic E-state index is 11.8. The number of carbonyl (C=O) groups is 1. The summed E-state index contributed by atoms with van der Waals surface area (Å²) in [6, 6.07) is 3.96. The second-order valence-electron chi connectivity index (χ2n) is 5.35. The summed E-state index contributed by atoms with van der Waals surface area (Å²) in [5.74, 6) is 0.924. The van der Waals surface area contributed by atoms with Gasteiger partial charge in [-0.1, -0.05) is 0 Å². The van der Waals surface area contributed by atoms with Gasteiger partial charge < -0.3 is 19.8 Å². The van der Waals surface area contributed by atoms with E-state index in [-0.39, 0.29) is 24.7 Å². The van der Waals surface area contributed by atoms with Gasteiger partial charge in [-0.05, 0) is 51.4 Å². The molecule has 1 saturated heterocycles. The Bertz CT molecular complexity index is 386. The van der Waals surface area contributed by atoms with Crippen LogP contribution in [0.25, 0.3) is 0 Å². The first-order chi connectivity index (χ1) is 9.74. The molecule has 0 saturated carbocycles. The lowest BCUT2D eigenvalue weighted by Gasteiger charge is -2.23. The molecule has 1 aliphatic rings. The van der Waals surface area contributed by atoms with Crippen molar-refractivity contribution >= 4 is 5.91 Å². The number of hydrogen-bond donors (Lipinski definition) is 2. The predicted molar refractivity (Wildman–Crippen MR) is 76.5 cm³/mol. The lowest BCUT2D eigenvalue weighted by molar-refractivity contribution is -0.128. The summed E-state index contributed by atoms with van der Waals surface area (Å²) >= 11 is 0. The van der Waals surface area contributed by atoms with E-state index < -0.39 is 0 Å². The van der Waals surface area contributed by atoms with Gasteiger partial charge in [0.05, 0.1) is 12.4 Å². The predicted octanol–water partition coefficient (Wildman–Crippen LogP) is 1.49. The second kappa shape index (κ2) is 8.07. The molecule has 2 rings (SSSR count). The van der Waals surface area contributed by atoms with Crippen molar-refractivity contribution in [3.8, 4) is 0 Å². The topological polar surface area (TPSA) is 63.5 Å². The third-order valence-corrected chi connectivity index (χ3v) is 3.55. The first-order valence-corrected chi connectivity index (χ1v) is 7.38. The van der Waals surface area contributed by atoms with Gasteiger partial charge in [0.1, 0.15) is 12.4 Å². The quantitative estimate of drug-likeness (QED) is 0.794. The number of hydrogen-bond acceptors (Lipinski definition) is 4. The van der Waals surface area contributed by atoms with Gasteiger partial charge in [-0.3, -0.25) is 4.79 Å². The zero-order valence-electron chi connectivity index (χ0n) is 12.1. The number of nitrogens with one attached hydrogen (secondary N) is 2. The van der Waals surface area contributed by atoms with E-state index in [1.165, 1.54) is 0 Å². The van der Waals surface area contributed by atoms with E-state index in [1.807, 2.05) is 19.1 Å². The van der Waals surface area contributed by atoms with Gasteiger partial charge in [0.25, 0.3) is 0 Å². The molecule has 1 fully saturated rings. The van der Waals surface area contributed by atoms with E-state index in [2.05, 4.69) is 10.6 Å². The zero-order chi connectivity index (χ0) is 14.2. The Kier molecular flexibility index (Phi) is 6.08. The minimum Gasteiger partial charge on any atom is -0.469 e. The van der Waals surface area contributed by atoms with Crippen LogP contribution in [0.15, 0.2) is 22.8 Å². The SMILES string of the molecule is CC(CCc1ccco1)NC(=O)COC1CCNCC1. The number of ether oxygens (including phenoxy) is 1. The van der Waals surface area contributed by atoms with Gasteiger partial charge in [-0.25, -0.2) is 0 Å². The summed E-state index contributed by atoms with van der Waals surface area (Å²) in [6.07, 6.45) is 5.57. The third-order valence-electron chi connectivity index (χ3n) is 3.55. The number of furan rings is 1. The Morgan fingerprint density at radius 1 is 1.55 bits per heavy atom. The average Bonchev–Trinajstić information content (AvgIpc) is 2.97. The molecule has 1 aromatic heterocycles. The van der Waals surface area contributed by atoms with Crippen molar-refractivity contribution in [2.45, 2.75) is 44.8 Å². The molecule has 112 valence electrons. The lowest BCUT2D eigenvalue weighted by atomic mass is 10.1. The Hall–Kier alpha value is -1.33. The van der Waals surface area contributed by atoms with Crippen molar-refractivity contribution in [1.29, 1.82) is 0 Å². The number of amides is 1. The molecule has 5 nitrogen and oxygen atoms in total. The Balaban J connectivity index is 1.58. The van der Waals surface area contributed by atoms with Gasteiger partial charge in [0.15, 0.2) is 0 Å². The van der Waals surface area contributed by atoms with Crippen molar-refractivity contribution in [3.05, 3.63) is 24.2 Å². The molecule has 0 aliphatic carbocycles. The molecule has 1 atom stereocenters. The average molecular weight is 280 g/mol. The number of piperidine rings is 1. The molecule has 5 heteroatoms. The second-order valence-corrected chi connectivity index (χ2v) is 5.35. The maximum Gasteiger partial charge on any atom is 0.246 e. The van der Waals surface area contributed by atoms with Crippen LogP contribution in [-0.4, -0.2) is 37.7 Å². The summed E-state index contributed by atoms with van der Waals surface area (Å²) in [7, 11) is 0. The molecule has 0 radical (unpaired) electrons. The van der Waals surface area contributed by atoms with E-state index in [4.69, 9.17) is 9.15 Å². The van der Waals surface area contributed by atoms with Crippen LogP contribution in [0, 0.1) is 0 Å². The largest absolute Gasteiger partial charge is 0.469 e. The fourth-order valence-electron chi connectivity index (χ4n) is 2.36. The van der Waals surface area contributed by atoms with Gasteiger partial charge in [-0.2, -0.15) is 0 Å². The van der Waals surface area contributed by atoms with Crippen LogP contribution in [0.4, 0.5) is 0 Å². The van der Waals surface area contributed by atoms with E-state index in [1.54, 1.807) is 6.26 Å². The van der Waals surface area contributed by atoms with E-state index in [0.29, 0.717) is 0 Å². The van der Waals surface area contributed by atoms with Crippen LogP contribution in [0.3, 0.4) is 0 Å². The van der Waals surface area contributed by atoms with Gasteiger partial charge >= 0.3 is 0 Å². The van der Waals surface area contributed by atoms with Crippen LogP contribution in [0.1, 0.15) is 31.9 Å². The third kappa shape index (κ3) is 5.35. The minimum absolute atomic E-state index is 0.0320. The molecule has 2 heterocycles. The molecule has 20 heavy (non-hydrogen) atoms. The van der Waals surface area contributed by atoms with Crippen LogP contribution in [0.2, 0.25) is 0 Å². The van der Waals surface area contributed by atoms with Crippen LogP contribution < -0.4 is 10.6 Å². The molecule has 1 amide bonds. The summed E-state index contributed by atoms with van der Waals surface area (Å²) in [4.78, 5) is 11.8. The molecule has 1 aliphatic heterocycles. The maximum absolute atomic E-state index is 11.8. The molecule has 0 bridgehead atoms. The fourth-order valence-corrected chi connectivity index (χ4v) is 2.36. The number of rotatable bonds is 7. The Morgan fingerprint density at radius 2 is 2.35 bits per heavy atom. The van der Waals surface area contributed by atoms with Crippen LogP contribution >= 0.6 is 0 Å². The van der Waals surface area contributed by atoms with Crippen molar-refractivity contribution in [2.75, 3.05) is 19.7 Å². The molecule has 0 spiro atoms. The normalized spacial score (nSPS) is 17.9. The molecular formula is C15H24N2O3. The van der Waals surface area contributed by atoms with Crippen LogP contribution in [-0.2, 0) is 16.0 Å². The highest BCUT2D eigenvalue weighted by molar-refractivity contribution is 5.77. The highest BCUT2D eigenvalue weighted by Gasteiger charge is 2.15. The Morgan fingerprint density at radius 3 is 3.05 bits per heavy atom. The summed E-state index contributed by atoms with van der Waals surface area (Å²) in [5.41, 5.74) is 0. The zero-order valence-corrected chi connectivity index (χ0v) is 12.1. The molecule has 1 aromatic rings. The van der Waals surface area contributed by atoms with Crippen molar-refractivity contribution < 1.29 is 13.9 Å². The van der Waals surface area contributed by atoms with Gasteiger partial charge in [0, 0.05) is 12.5 Å². The van der Waals surface area contributed by atoms with E-state index in [0.717, 1.165) is 44.5 Å². The monoisotopic (exact) mass is 280 g/mol. The highest BCUT2D eigenvalue weighted by Crippen LogP contribution is 2.07. The van der Waals surface area contributed by atoms with Crippen LogP contribution in [0.5, 0.6) is 0 Å². The fraction of sp³-hybridized carbons (Fsp3) is 0.667. The van der Waals surface area contributed by atoms with Gasteiger partial charge in [-0.15, -0.1) is 0 Å². The first-order valence-electron chi connectivity index (χ1n) is 7.38.